The van der Waals surface area contributed by atoms with Crippen molar-refractivity contribution in [1.82, 2.24) is 15.1 Å². The molecule has 1 aliphatic rings. The molecule has 5 heteroatoms. The van der Waals surface area contributed by atoms with Crippen molar-refractivity contribution in [3.05, 3.63) is 60.3 Å². The zero-order valence-electron chi connectivity index (χ0n) is 13.4. The Kier molecular flexibility index (Phi) is 4.01. The van der Waals surface area contributed by atoms with Gasteiger partial charge in [0.05, 0.1) is 17.6 Å². The fourth-order valence-electron chi connectivity index (χ4n) is 3.30. The first kappa shape index (κ1) is 14.9. The van der Waals surface area contributed by atoms with Crippen LogP contribution >= 0.6 is 0 Å². The Labute approximate surface area is 140 Å². The number of fused-ring (bicyclic) bond motifs is 1. The standard InChI is InChI=1S/C19H20N4O/c24-19(21-17-6-7-18-16(10-17)11-20-22-18)15-8-9-23(13-15)12-14-4-2-1-3-5-14/h1-7,10-11,15H,8-9,12-13H2,(H,20,22)(H,21,24). The molecule has 0 bridgehead atoms. The van der Waals surface area contributed by atoms with Crippen LogP contribution < -0.4 is 5.32 Å². The molecule has 1 aliphatic heterocycles. The molecule has 1 aromatic heterocycles. The molecular weight excluding hydrogens is 300 g/mol. The van der Waals surface area contributed by atoms with Crippen molar-refractivity contribution in [2.45, 2.75) is 13.0 Å². The molecule has 24 heavy (non-hydrogen) atoms. The van der Waals surface area contributed by atoms with Crippen LogP contribution in [0.4, 0.5) is 5.69 Å². The van der Waals surface area contributed by atoms with Gasteiger partial charge in [0.2, 0.25) is 5.91 Å². The van der Waals surface area contributed by atoms with Gasteiger partial charge < -0.3 is 5.32 Å². The van der Waals surface area contributed by atoms with Crippen LogP contribution in [0.25, 0.3) is 10.9 Å². The van der Waals surface area contributed by atoms with Gasteiger partial charge in [0.15, 0.2) is 0 Å². The minimum absolute atomic E-state index is 0.0498. The number of benzene rings is 2. The Hall–Kier alpha value is -2.66. The van der Waals surface area contributed by atoms with Crippen LogP contribution in [-0.4, -0.2) is 34.1 Å². The second-order valence-corrected chi connectivity index (χ2v) is 6.37. The summed E-state index contributed by atoms with van der Waals surface area (Å²) in [5.74, 6) is 0.155. The average Bonchev–Trinajstić information content (AvgIpc) is 3.24. The number of nitrogens with one attached hydrogen (secondary N) is 2. The smallest absolute Gasteiger partial charge is 0.228 e. The number of hydrogen-bond donors (Lipinski definition) is 2. The van der Waals surface area contributed by atoms with Gasteiger partial charge in [-0.25, -0.2) is 0 Å². The molecule has 0 radical (unpaired) electrons. The van der Waals surface area contributed by atoms with Gasteiger partial charge in [-0.2, -0.15) is 5.10 Å². The van der Waals surface area contributed by atoms with E-state index < -0.39 is 0 Å². The fourth-order valence-corrected chi connectivity index (χ4v) is 3.30. The van der Waals surface area contributed by atoms with Crippen molar-refractivity contribution in [2.75, 3.05) is 18.4 Å². The normalized spacial score (nSPS) is 18.1. The first-order valence-electron chi connectivity index (χ1n) is 8.28. The zero-order chi connectivity index (χ0) is 16.4. The van der Waals surface area contributed by atoms with Crippen LogP contribution in [-0.2, 0) is 11.3 Å². The van der Waals surface area contributed by atoms with E-state index in [0.29, 0.717) is 0 Å². The average molecular weight is 320 g/mol. The Morgan fingerprint density at radius 3 is 3.00 bits per heavy atom. The van der Waals surface area contributed by atoms with E-state index in [-0.39, 0.29) is 11.8 Å². The van der Waals surface area contributed by atoms with Crippen LogP contribution in [0.3, 0.4) is 0 Å². The lowest BCUT2D eigenvalue weighted by Crippen LogP contribution is -2.26. The third-order valence-corrected chi connectivity index (χ3v) is 4.60. The third-order valence-electron chi connectivity index (χ3n) is 4.60. The molecule has 1 atom stereocenters. The highest BCUT2D eigenvalue weighted by atomic mass is 16.1. The van der Waals surface area contributed by atoms with E-state index in [1.54, 1.807) is 6.20 Å². The molecule has 1 fully saturated rings. The number of amides is 1. The number of likely N-dealkylation sites (tertiary alicyclic amines) is 1. The Morgan fingerprint density at radius 1 is 1.25 bits per heavy atom. The summed E-state index contributed by atoms with van der Waals surface area (Å²) < 4.78 is 0. The molecule has 122 valence electrons. The predicted octanol–water partition coefficient (Wildman–Crippen LogP) is 3.02. The maximum absolute atomic E-state index is 12.5. The second-order valence-electron chi connectivity index (χ2n) is 6.37. The highest BCUT2D eigenvalue weighted by Crippen LogP contribution is 2.22. The van der Waals surface area contributed by atoms with Gasteiger partial charge in [-0.3, -0.25) is 14.8 Å². The molecule has 0 spiro atoms. The molecule has 5 nitrogen and oxygen atoms in total. The summed E-state index contributed by atoms with van der Waals surface area (Å²) in [5.41, 5.74) is 3.10. The van der Waals surface area contributed by atoms with Crippen molar-refractivity contribution in [3.63, 3.8) is 0 Å². The SMILES string of the molecule is O=C(Nc1ccc2[nH]ncc2c1)C1CCN(Cc2ccccc2)C1. The van der Waals surface area contributed by atoms with Gasteiger partial charge in [-0.1, -0.05) is 30.3 Å². The van der Waals surface area contributed by atoms with Gasteiger partial charge in [-0.05, 0) is 36.7 Å². The topological polar surface area (TPSA) is 61.0 Å². The lowest BCUT2D eigenvalue weighted by Gasteiger charge is -2.16. The van der Waals surface area contributed by atoms with E-state index in [0.717, 1.165) is 42.6 Å². The molecule has 2 heterocycles. The summed E-state index contributed by atoms with van der Waals surface area (Å²) in [6.45, 7) is 2.69. The Bertz CT molecular complexity index is 843. The summed E-state index contributed by atoms with van der Waals surface area (Å²) in [7, 11) is 0. The van der Waals surface area contributed by atoms with Crippen LogP contribution in [0, 0.1) is 5.92 Å². The first-order chi connectivity index (χ1) is 11.8. The number of aromatic amines is 1. The van der Waals surface area contributed by atoms with Crippen molar-refractivity contribution in [3.8, 4) is 0 Å². The number of carbonyl (C=O) groups is 1. The van der Waals surface area contributed by atoms with Crippen LogP contribution in [0.5, 0.6) is 0 Å². The third kappa shape index (κ3) is 3.16. The first-order valence-corrected chi connectivity index (χ1v) is 8.28. The van der Waals surface area contributed by atoms with Gasteiger partial charge in [0.1, 0.15) is 0 Å². The molecule has 1 unspecified atom stereocenters. The molecule has 3 aromatic rings. The van der Waals surface area contributed by atoms with Crippen LogP contribution in [0.2, 0.25) is 0 Å². The van der Waals surface area contributed by atoms with Gasteiger partial charge in [0.25, 0.3) is 0 Å². The maximum Gasteiger partial charge on any atom is 0.228 e. The minimum atomic E-state index is 0.0498. The quantitative estimate of drug-likeness (QED) is 0.777. The second kappa shape index (κ2) is 6.45. The van der Waals surface area contributed by atoms with E-state index in [9.17, 15) is 4.79 Å². The van der Waals surface area contributed by atoms with E-state index in [1.165, 1.54) is 5.56 Å². The van der Waals surface area contributed by atoms with E-state index >= 15 is 0 Å². The molecule has 0 aliphatic carbocycles. The van der Waals surface area contributed by atoms with E-state index in [1.807, 2.05) is 24.3 Å². The Morgan fingerprint density at radius 2 is 2.12 bits per heavy atom. The number of carbonyl (C=O) groups excluding carboxylic acids is 1. The number of rotatable bonds is 4. The molecule has 1 saturated heterocycles. The Balaban J connectivity index is 1.36. The molecule has 2 aromatic carbocycles. The fraction of sp³-hybridized carbons (Fsp3) is 0.263. The highest BCUT2D eigenvalue weighted by molar-refractivity contribution is 5.95. The van der Waals surface area contributed by atoms with E-state index in [2.05, 4.69) is 44.7 Å². The molecule has 1 amide bonds. The van der Waals surface area contributed by atoms with E-state index in [4.69, 9.17) is 0 Å². The number of H-pyrrole nitrogens is 1. The summed E-state index contributed by atoms with van der Waals surface area (Å²) in [6.07, 6.45) is 2.68. The minimum Gasteiger partial charge on any atom is -0.326 e. The zero-order valence-corrected chi connectivity index (χ0v) is 13.4. The summed E-state index contributed by atoms with van der Waals surface area (Å²) in [4.78, 5) is 14.9. The molecular formula is C19H20N4O. The summed E-state index contributed by atoms with van der Waals surface area (Å²) >= 11 is 0. The van der Waals surface area contributed by atoms with Crippen molar-refractivity contribution in [2.24, 2.45) is 5.92 Å². The van der Waals surface area contributed by atoms with Gasteiger partial charge >= 0.3 is 0 Å². The summed E-state index contributed by atoms with van der Waals surface area (Å²) in [5, 5.41) is 11.0. The van der Waals surface area contributed by atoms with Crippen molar-refractivity contribution in [1.29, 1.82) is 0 Å². The largest absolute Gasteiger partial charge is 0.326 e. The van der Waals surface area contributed by atoms with Gasteiger partial charge in [-0.15, -0.1) is 0 Å². The monoisotopic (exact) mass is 320 g/mol. The summed E-state index contributed by atoms with van der Waals surface area (Å²) in [6, 6.07) is 16.2. The molecule has 2 N–H and O–H groups in total. The number of aromatic nitrogens is 2. The highest BCUT2D eigenvalue weighted by Gasteiger charge is 2.28. The van der Waals surface area contributed by atoms with Crippen molar-refractivity contribution >= 4 is 22.5 Å². The number of nitrogens with zero attached hydrogens (tertiary/aromatic N) is 2. The predicted molar refractivity (Wildman–Crippen MR) is 94.5 cm³/mol. The molecule has 0 saturated carbocycles. The molecule has 4 rings (SSSR count). The lowest BCUT2D eigenvalue weighted by molar-refractivity contribution is -0.119. The number of anilines is 1. The number of hydrogen-bond acceptors (Lipinski definition) is 3. The van der Waals surface area contributed by atoms with Crippen molar-refractivity contribution < 1.29 is 4.79 Å². The van der Waals surface area contributed by atoms with Crippen LogP contribution in [0.15, 0.2) is 54.7 Å². The lowest BCUT2D eigenvalue weighted by atomic mass is 10.1. The maximum atomic E-state index is 12.5. The van der Waals surface area contributed by atoms with Crippen LogP contribution in [0.1, 0.15) is 12.0 Å². The van der Waals surface area contributed by atoms with Gasteiger partial charge in [0, 0.05) is 24.2 Å².